The van der Waals surface area contributed by atoms with Crippen LogP contribution in [0.3, 0.4) is 0 Å². The number of rotatable bonds is 4. The van der Waals surface area contributed by atoms with Crippen LogP contribution < -0.4 is 11.3 Å². The van der Waals surface area contributed by atoms with Crippen molar-refractivity contribution in [3.8, 4) is 0 Å². The highest BCUT2D eigenvalue weighted by Crippen LogP contribution is 1.73. The molecule has 0 aromatic rings. The smallest absolute Gasteiger partial charge is 0.332 e. The summed E-state index contributed by atoms with van der Waals surface area (Å²) in [6.07, 6.45) is -0.112. The number of hydrogen-bond donors (Lipinski definition) is 5. The van der Waals surface area contributed by atoms with Gasteiger partial charge in [-0.25, -0.2) is 10.6 Å². The van der Waals surface area contributed by atoms with Gasteiger partial charge >= 0.3 is 11.9 Å². The number of nitrogens with zero attached hydrogens (tertiary/aromatic N) is 1. The summed E-state index contributed by atoms with van der Waals surface area (Å²) in [6.45, 7) is 0.951. The topological polar surface area (TPSA) is 145 Å². The molecule has 0 fully saturated rings. The molecule has 0 aliphatic carbocycles. The normalized spacial score (nSPS) is 11.4. The maximum atomic E-state index is 9.69. The van der Waals surface area contributed by atoms with E-state index in [-0.39, 0.29) is 6.54 Å². The van der Waals surface area contributed by atoms with E-state index >= 15 is 0 Å². The van der Waals surface area contributed by atoms with Crippen LogP contribution in [0.4, 0.5) is 0 Å². The number of carbonyl (C=O) groups is 2. The van der Waals surface area contributed by atoms with Crippen LogP contribution in [0.1, 0.15) is 6.92 Å². The van der Waals surface area contributed by atoms with Crippen molar-refractivity contribution in [3.63, 3.8) is 0 Å². The van der Waals surface area contributed by atoms with Gasteiger partial charge in [0.1, 0.15) is 12.6 Å². The number of aliphatic hydroxyl groups excluding tert-OH is 1. The number of nitrogens with two attached hydrogens (primary N) is 1. The summed E-state index contributed by atoms with van der Waals surface area (Å²) < 4.78 is 0. The molecule has 0 amide bonds. The maximum Gasteiger partial charge on any atom is 0.332 e. The average Bonchev–Trinajstić information content (AvgIpc) is 2.05. The van der Waals surface area contributed by atoms with Crippen molar-refractivity contribution < 1.29 is 24.9 Å². The van der Waals surface area contributed by atoms with Crippen molar-refractivity contribution in [2.24, 2.45) is 10.8 Å². The molecule has 8 heteroatoms. The highest BCUT2D eigenvalue weighted by Gasteiger charge is 2.01. The summed E-state index contributed by atoms with van der Waals surface area (Å²) >= 11 is 0. The van der Waals surface area contributed by atoms with E-state index in [9.17, 15) is 9.59 Å². The van der Waals surface area contributed by atoms with E-state index in [1.165, 1.54) is 6.92 Å². The molecule has 0 bridgehead atoms. The summed E-state index contributed by atoms with van der Waals surface area (Å²) in [4.78, 5) is 22.5. The third-order valence-corrected chi connectivity index (χ3v) is 0.750. The lowest BCUT2D eigenvalue weighted by Crippen LogP contribution is -2.19. The van der Waals surface area contributed by atoms with Gasteiger partial charge in [-0.2, -0.15) is 0 Å². The lowest BCUT2D eigenvalue weighted by atomic mass is 10.4. The number of aliphatic carboxylic acids is 2. The minimum absolute atomic E-state index is 0.246. The van der Waals surface area contributed by atoms with Gasteiger partial charge in [0.15, 0.2) is 0 Å². The van der Waals surface area contributed by atoms with Crippen LogP contribution in [0.25, 0.3) is 0 Å². The average molecular weight is 207 g/mol. The van der Waals surface area contributed by atoms with E-state index < -0.39 is 18.0 Å². The number of carboxylic acid groups (broad SMARTS) is 2. The first-order valence-electron chi connectivity index (χ1n) is 3.49. The van der Waals surface area contributed by atoms with E-state index in [0.29, 0.717) is 0 Å². The minimum atomic E-state index is -1.23. The molecule has 82 valence electrons. The van der Waals surface area contributed by atoms with Gasteiger partial charge in [0.2, 0.25) is 0 Å². The molecular weight excluding hydrogens is 194 g/mol. The summed E-state index contributed by atoms with van der Waals surface area (Å²) in [5.41, 5.74) is 2.07. The Bertz CT molecular complexity index is 204. The van der Waals surface area contributed by atoms with E-state index in [2.05, 4.69) is 10.4 Å². The largest absolute Gasteiger partial charge is 0.480 e. The Kier molecular flexibility index (Phi) is 9.98. The highest BCUT2D eigenvalue weighted by atomic mass is 16.4. The molecule has 0 radical (unpaired) electrons. The van der Waals surface area contributed by atoms with Crippen LogP contribution in [0.5, 0.6) is 0 Å². The van der Waals surface area contributed by atoms with Crippen LogP contribution in [0.2, 0.25) is 0 Å². The van der Waals surface area contributed by atoms with Crippen molar-refractivity contribution in [2.75, 3.05) is 6.54 Å². The molecule has 0 rings (SSSR count). The van der Waals surface area contributed by atoms with Crippen molar-refractivity contribution in [1.82, 2.24) is 5.43 Å². The molecule has 14 heavy (non-hydrogen) atoms. The van der Waals surface area contributed by atoms with E-state index in [1.807, 2.05) is 0 Å². The number of hydrogen-bond acceptors (Lipinski definition) is 5. The fourth-order valence-electron chi connectivity index (χ4n) is 0.176. The second-order valence-electron chi connectivity index (χ2n) is 2.04. The SMILES string of the molecule is CC(O)C(=O)O.NNC=NCC(=O)O. The lowest BCUT2D eigenvalue weighted by Gasteiger charge is -1.89. The number of nitrogens with one attached hydrogen (secondary N) is 1. The first-order valence-corrected chi connectivity index (χ1v) is 3.49. The number of carboxylic acids is 2. The Balaban J connectivity index is 0. The van der Waals surface area contributed by atoms with Gasteiger partial charge in [0.05, 0.1) is 6.34 Å². The van der Waals surface area contributed by atoms with Crippen LogP contribution in [0, 0.1) is 0 Å². The van der Waals surface area contributed by atoms with Crippen molar-refractivity contribution >= 4 is 18.3 Å². The molecule has 0 aliphatic heterocycles. The molecule has 0 heterocycles. The quantitative estimate of drug-likeness (QED) is 0.155. The van der Waals surface area contributed by atoms with Gasteiger partial charge in [-0.15, -0.1) is 0 Å². The zero-order valence-corrected chi connectivity index (χ0v) is 7.54. The molecule has 0 saturated heterocycles. The van der Waals surface area contributed by atoms with Crippen molar-refractivity contribution in [3.05, 3.63) is 0 Å². The van der Waals surface area contributed by atoms with Gasteiger partial charge in [-0.3, -0.25) is 9.79 Å². The molecule has 0 aromatic carbocycles. The molecule has 1 atom stereocenters. The first kappa shape index (κ1) is 14.8. The van der Waals surface area contributed by atoms with Crippen LogP contribution in [-0.2, 0) is 9.59 Å². The fourth-order valence-corrected chi connectivity index (χ4v) is 0.176. The van der Waals surface area contributed by atoms with E-state index in [0.717, 1.165) is 6.34 Å². The third-order valence-electron chi connectivity index (χ3n) is 0.750. The van der Waals surface area contributed by atoms with Gasteiger partial charge in [-0.05, 0) is 6.92 Å². The van der Waals surface area contributed by atoms with Crippen molar-refractivity contribution in [2.45, 2.75) is 13.0 Å². The van der Waals surface area contributed by atoms with Crippen molar-refractivity contribution in [1.29, 1.82) is 0 Å². The van der Waals surface area contributed by atoms with E-state index in [1.54, 1.807) is 0 Å². The fraction of sp³-hybridized carbons (Fsp3) is 0.500. The Morgan fingerprint density at radius 3 is 2.21 bits per heavy atom. The zero-order valence-electron chi connectivity index (χ0n) is 7.54. The summed E-state index contributed by atoms with van der Waals surface area (Å²) in [6, 6.07) is 0. The first-order chi connectivity index (χ1) is 6.41. The van der Waals surface area contributed by atoms with Gasteiger partial charge < -0.3 is 20.7 Å². The molecule has 6 N–H and O–H groups in total. The van der Waals surface area contributed by atoms with E-state index in [4.69, 9.17) is 21.2 Å². The third kappa shape index (κ3) is 16.7. The monoisotopic (exact) mass is 207 g/mol. The summed E-state index contributed by atoms with van der Waals surface area (Å²) in [5.74, 6) is 2.56. The Morgan fingerprint density at radius 2 is 2.00 bits per heavy atom. The Morgan fingerprint density at radius 1 is 1.57 bits per heavy atom. The molecule has 0 spiro atoms. The Labute approximate surface area is 80.0 Å². The Hall–Kier alpha value is -1.67. The molecule has 1 unspecified atom stereocenters. The highest BCUT2D eigenvalue weighted by molar-refractivity contribution is 5.71. The second kappa shape index (κ2) is 9.42. The second-order valence-corrected chi connectivity index (χ2v) is 2.04. The lowest BCUT2D eigenvalue weighted by molar-refractivity contribution is -0.145. The molecular formula is C6H13N3O5. The van der Waals surface area contributed by atoms with Gasteiger partial charge in [0.25, 0.3) is 0 Å². The summed E-state index contributed by atoms with van der Waals surface area (Å²) in [5, 5.41) is 23.7. The number of hydrazine groups is 1. The predicted octanol–water partition coefficient (Wildman–Crippen LogP) is -1.99. The van der Waals surface area contributed by atoms with Gasteiger partial charge in [0, 0.05) is 0 Å². The van der Waals surface area contributed by atoms with Crippen LogP contribution in [0.15, 0.2) is 4.99 Å². The van der Waals surface area contributed by atoms with Crippen LogP contribution in [-0.4, -0.2) is 46.2 Å². The predicted molar refractivity (Wildman–Crippen MR) is 47.6 cm³/mol. The molecule has 0 aromatic heterocycles. The minimum Gasteiger partial charge on any atom is -0.480 e. The maximum absolute atomic E-state index is 9.69. The summed E-state index contributed by atoms with van der Waals surface area (Å²) in [7, 11) is 0. The molecule has 0 aliphatic rings. The van der Waals surface area contributed by atoms with Crippen LogP contribution >= 0.6 is 0 Å². The zero-order chi connectivity index (χ0) is 11.6. The van der Waals surface area contributed by atoms with Gasteiger partial charge in [-0.1, -0.05) is 0 Å². The number of aliphatic imine (C=N–C) groups is 1. The molecule has 0 saturated carbocycles. The molecule has 8 nitrogen and oxygen atoms in total. The number of aliphatic hydroxyl groups is 1. The standard InChI is InChI=1S/C3H7N3O2.C3H6O3/c4-6-2-5-1-3(7)8;1-2(4)3(5)6/h2H,1,4H2,(H,5,6)(H,7,8);2,4H,1H3,(H,5,6).